The van der Waals surface area contributed by atoms with Crippen LogP contribution in [0.5, 0.6) is 0 Å². The SMILES string of the molecule is CCCC(C)CC(NCC)C(C)(CC)N1CCCC1. The van der Waals surface area contributed by atoms with Gasteiger partial charge < -0.3 is 5.32 Å². The largest absolute Gasteiger partial charge is 0.312 e. The molecule has 1 saturated heterocycles. The zero-order chi connectivity index (χ0) is 14.3. The fraction of sp³-hybridized carbons (Fsp3) is 1.00. The lowest BCUT2D eigenvalue weighted by Crippen LogP contribution is -2.59. The van der Waals surface area contributed by atoms with Gasteiger partial charge in [0.25, 0.3) is 0 Å². The molecule has 0 bridgehead atoms. The average Bonchev–Trinajstić information content (AvgIpc) is 2.92. The standard InChI is InChI=1S/C17H36N2/c1-6-11-15(4)14-16(18-8-3)17(5,7-2)19-12-9-10-13-19/h15-16,18H,6-14H2,1-5H3. The highest BCUT2D eigenvalue weighted by molar-refractivity contribution is 4.98. The van der Waals surface area contributed by atoms with Crippen molar-refractivity contribution in [1.82, 2.24) is 10.2 Å². The van der Waals surface area contributed by atoms with Gasteiger partial charge in [0.05, 0.1) is 0 Å². The van der Waals surface area contributed by atoms with E-state index in [2.05, 4.69) is 44.8 Å². The number of likely N-dealkylation sites (N-methyl/N-ethyl adjacent to an activating group) is 1. The Bertz CT molecular complexity index is 235. The minimum absolute atomic E-state index is 0.342. The topological polar surface area (TPSA) is 15.3 Å². The zero-order valence-electron chi connectivity index (χ0n) is 14.0. The molecule has 0 aromatic carbocycles. The first-order valence-electron chi connectivity index (χ1n) is 8.56. The van der Waals surface area contributed by atoms with Crippen molar-refractivity contribution >= 4 is 0 Å². The van der Waals surface area contributed by atoms with Gasteiger partial charge in [-0.3, -0.25) is 4.90 Å². The third-order valence-corrected chi connectivity index (χ3v) is 5.17. The highest BCUT2D eigenvalue weighted by Crippen LogP contribution is 2.31. The van der Waals surface area contributed by atoms with Crippen LogP contribution in [0.25, 0.3) is 0 Å². The summed E-state index contributed by atoms with van der Waals surface area (Å²) in [5.74, 6) is 0.836. The third kappa shape index (κ3) is 4.46. The van der Waals surface area contributed by atoms with Crippen LogP contribution in [0.2, 0.25) is 0 Å². The first kappa shape index (κ1) is 17.0. The number of nitrogens with one attached hydrogen (secondary N) is 1. The van der Waals surface area contributed by atoms with Gasteiger partial charge in [0.1, 0.15) is 0 Å². The van der Waals surface area contributed by atoms with Crippen molar-refractivity contribution in [2.75, 3.05) is 19.6 Å². The third-order valence-electron chi connectivity index (χ3n) is 5.17. The molecule has 0 amide bonds. The molecule has 0 aromatic rings. The Balaban J connectivity index is 2.74. The minimum Gasteiger partial charge on any atom is -0.312 e. The van der Waals surface area contributed by atoms with Crippen molar-refractivity contribution in [2.45, 2.75) is 84.7 Å². The van der Waals surface area contributed by atoms with E-state index in [1.807, 2.05) is 0 Å². The van der Waals surface area contributed by atoms with Gasteiger partial charge in [-0.25, -0.2) is 0 Å². The molecule has 0 aliphatic carbocycles. The molecule has 0 saturated carbocycles. The van der Waals surface area contributed by atoms with E-state index in [4.69, 9.17) is 0 Å². The lowest BCUT2D eigenvalue weighted by molar-refractivity contribution is 0.0737. The monoisotopic (exact) mass is 268 g/mol. The molecule has 2 heteroatoms. The van der Waals surface area contributed by atoms with Crippen LogP contribution >= 0.6 is 0 Å². The van der Waals surface area contributed by atoms with Crippen LogP contribution in [-0.4, -0.2) is 36.1 Å². The smallest absolute Gasteiger partial charge is 0.0331 e. The van der Waals surface area contributed by atoms with E-state index in [1.165, 1.54) is 51.6 Å². The lowest BCUT2D eigenvalue weighted by atomic mass is 9.81. The van der Waals surface area contributed by atoms with Gasteiger partial charge in [-0.15, -0.1) is 0 Å². The number of hydrogen-bond acceptors (Lipinski definition) is 2. The van der Waals surface area contributed by atoms with Gasteiger partial charge in [0.15, 0.2) is 0 Å². The van der Waals surface area contributed by atoms with E-state index < -0.39 is 0 Å². The number of rotatable bonds is 9. The highest BCUT2D eigenvalue weighted by atomic mass is 15.2. The van der Waals surface area contributed by atoms with E-state index in [0.29, 0.717) is 11.6 Å². The van der Waals surface area contributed by atoms with Crippen LogP contribution < -0.4 is 5.32 Å². The summed E-state index contributed by atoms with van der Waals surface area (Å²) in [5.41, 5.74) is 0.342. The van der Waals surface area contributed by atoms with Crippen molar-refractivity contribution < 1.29 is 0 Å². The second-order valence-electron chi connectivity index (χ2n) is 6.64. The molecular weight excluding hydrogens is 232 g/mol. The molecule has 2 nitrogen and oxygen atoms in total. The molecule has 0 spiro atoms. The Morgan fingerprint density at radius 1 is 1.16 bits per heavy atom. The molecule has 1 N–H and O–H groups in total. The molecule has 1 rings (SSSR count). The Kier molecular flexibility index (Phi) is 7.38. The summed E-state index contributed by atoms with van der Waals surface area (Å²) >= 11 is 0. The van der Waals surface area contributed by atoms with Gasteiger partial charge in [0, 0.05) is 11.6 Å². The predicted octanol–water partition coefficient (Wildman–Crippen LogP) is 4.06. The maximum absolute atomic E-state index is 3.80. The Morgan fingerprint density at radius 3 is 2.26 bits per heavy atom. The molecule has 3 unspecified atom stereocenters. The van der Waals surface area contributed by atoms with E-state index in [-0.39, 0.29) is 0 Å². The van der Waals surface area contributed by atoms with Crippen LogP contribution in [0.4, 0.5) is 0 Å². The Hall–Kier alpha value is -0.0800. The molecule has 0 aromatic heterocycles. The van der Waals surface area contributed by atoms with Crippen LogP contribution in [0, 0.1) is 5.92 Å². The van der Waals surface area contributed by atoms with Crippen molar-refractivity contribution in [1.29, 1.82) is 0 Å². The summed E-state index contributed by atoms with van der Waals surface area (Å²) in [6.45, 7) is 15.5. The van der Waals surface area contributed by atoms with E-state index in [9.17, 15) is 0 Å². The van der Waals surface area contributed by atoms with Gasteiger partial charge in [-0.2, -0.15) is 0 Å². The molecular formula is C17H36N2. The van der Waals surface area contributed by atoms with Gasteiger partial charge in [-0.1, -0.05) is 40.5 Å². The maximum Gasteiger partial charge on any atom is 0.0331 e. The first-order chi connectivity index (χ1) is 9.08. The van der Waals surface area contributed by atoms with E-state index >= 15 is 0 Å². The number of likely N-dealkylation sites (tertiary alicyclic amines) is 1. The van der Waals surface area contributed by atoms with Gasteiger partial charge in [0.2, 0.25) is 0 Å². The first-order valence-corrected chi connectivity index (χ1v) is 8.56. The normalized spacial score (nSPS) is 23.2. The Morgan fingerprint density at radius 2 is 1.79 bits per heavy atom. The fourth-order valence-electron chi connectivity index (χ4n) is 3.73. The van der Waals surface area contributed by atoms with E-state index in [1.54, 1.807) is 0 Å². The summed E-state index contributed by atoms with van der Waals surface area (Å²) in [6, 6.07) is 0.641. The van der Waals surface area contributed by atoms with Crippen LogP contribution in [0.3, 0.4) is 0 Å². The molecule has 0 radical (unpaired) electrons. The molecule has 1 fully saturated rings. The zero-order valence-corrected chi connectivity index (χ0v) is 14.0. The molecule has 3 atom stereocenters. The van der Waals surface area contributed by atoms with Gasteiger partial charge >= 0.3 is 0 Å². The summed E-state index contributed by atoms with van der Waals surface area (Å²) in [5, 5.41) is 3.80. The van der Waals surface area contributed by atoms with Gasteiger partial charge in [-0.05, 0) is 58.2 Å². The lowest BCUT2D eigenvalue weighted by Gasteiger charge is -2.46. The van der Waals surface area contributed by atoms with Crippen molar-refractivity contribution in [3.8, 4) is 0 Å². The summed E-state index contributed by atoms with van der Waals surface area (Å²) in [4.78, 5) is 2.75. The summed E-state index contributed by atoms with van der Waals surface area (Å²) in [7, 11) is 0. The predicted molar refractivity (Wildman–Crippen MR) is 85.7 cm³/mol. The quantitative estimate of drug-likeness (QED) is 0.678. The average molecular weight is 268 g/mol. The number of nitrogens with zero attached hydrogens (tertiary/aromatic N) is 1. The molecule has 114 valence electrons. The summed E-state index contributed by atoms with van der Waals surface area (Å²) in [6.07, 6.45) is 8.03. The number of hydrogen-bond donors (Lipinski definition) is 1. The summed E-state index contributed by atoms with van der Waals surface area (Å²) < 4.78 is 0. The maximum atomic E-state index is 3.80. The van der Waals surface area contributed by atoms with Crippen LogP contribution in [0.15, 0.2) is 0 Å². The molecule has 1 aliphatic heterocycles. The minimum atomic E-state index is 0.342. The highest BCUT2D eigenvalue weighted by Gasteiger charge is 2.39. The van der Waals surface area contributed by atoms with E-state index in [0.717, 1.165) is 12.5 Å². The fourth-order valence-corrected chi connectivity index (χ4v) is 3.73. The van der Waals surface area contributed by atoms with Crippen molar-refractivity contribution in [2.24, 2.45) is 5.92 Å². The second-order valence-corrected chi connectivity index (χ2v) is 6.64. The Labute approximate surface area is 121 Å². The second kappa shape index (κ2) is 8.26. The van der Waals surface area contributed by atoms with Crippen LogP contribution in [0.1, 0.15) is 73.1 Å². The molecule has 19 heavy (non-hydrogen) atoms. The van der Waals surface area contributed by atoms with Crippen molar-refractivity contribution in [3.63, 3.8) is 0 Å². The van der Waals surface area contributed by atoms with Crippen molar-refractivity contribution in [3.05, 3.63) is 0 Å². The van der Waals surface area contributed by atoms with Crippen LogP contribution in [-0.2, 0) is 0 Å². The molecule has 1 aliphatic rings. The molecule has 1 heterocycles.